The number of nitrogens with one attached hydrogen (secondary N) is 2. The van der Waals surface area contributed by atoms with E-state index < -0.39 is 0 Å². The molecule has 2 N–H and O–H groups in total. The summed E-state index contributed by atoms with van der Waals surface area (Å²) in [6.45, 7) is 6.82. The standard InChI is InChI=1S/C18H28N4O/c1-14-12-22(8-9-23-14)13-16-5-3-4-15(10-16)11-20-18(19-2)21-17-6-7-17/h3-5,10,14,17H,6-9,11-13H2,1-2H3,(H2,19,20,21). The molecule has 5 heteroatoms. The van der Waals surface area contributed by atoms with Gasteiger partial charge < -0.3 is 15.4 Å². The number of morpholine rings is 1. The fraction of sp³-hybridized carbons (Fsp3) is 0.611. The molecule has 23 heavy (non-hydrogen) atoms. The van der Waals surface area contributed by atoms with Gasteiger partial charge in [0, 0.05) is 39.3 Å². The van der Waals surface area contributed by atoms with Gasteiger partial charge in [0.2, 0.25) is 0 Å². The maximum absolute atomic E-state index is 5.61. The second-order valence-electron chi connectivity index (χ2n) is 6.58. The van der Waals surface area contributed by atoms with E-state index >= 15 is 0 Å². The minimum Gasteiger partial charge on any atom is -0.376 e. The fourth-order valence-corrected chi connectivity index (χ4v) is 2.93. The smallest absolute Gasteiger partial charge is 0.191 e. The predicted molar refractivity (Wildman–Crippen MR) is 93.5 cm³/mol. The maximum Gasteiger partial charge on any atom is 0.191 e. The van der Waals surface area contributed by atoms with Gasteiger partial charge in [-0.2, -0.15) is 0 Å². The minimum atomic E-state index is 0.338. The van der Waals surface area contributed by atoms with Gasteiger partial charge in [0.25, 0.3) is 0 Å². The molecule has 1 aliphatic heterocycles. The summed E-state index contributed by atoms with van der Waals surface area (Å²) < 4.78 is 5.61. The Morgan fingerprint density at radius 3 is 2.91 bits per heavy atom. The molecular formula is C18H28N4O. The lowest BCUT2D eigenvalue weighted by molar-refractivity contribution is -0.0212. The predicted octanol–water partition coefficient (Wildman–Crippen LogP) is 1.73. The number of guanidine groups is 1. The van der Waals surface area contributed by atoms with Gasteiger partial charge in [-0.1, -0.05) is 24.3 Å². The Morgan fingerprint density at radius 2 is 2.17 bits per heavy atom. The number of hydrogen-bond acceptors (Lipinski definition) is 3. The third-order valence-electron chi connectivity index (χ3n) is 4.32. The van der Waals surface area contributed by atoms with Crippen molar-refractivity contribution in [3.05, 3.63) is 35.4 Å². The van der Waals surface area contributed by atoms with Gasteiger partial charge >= 0.3 is 0 Å². The van der Waals surface area contributed by atoms with E-state index in [0.29, 0.717) is 12.1 Å². The molecule has 1 atom stereocenters. The van der Waals surface area contributed by atoms with Crippen LogP contribution in [0.25, 0.3) is 0 Å². The second-order valence-corrected chi connectivity index (χ2v) is 6.58. The van der Waals surface area contributed by atoms with Gasteiger partial charge in [0.05, 0.1) is 12.7 Å². The SMILES string of the molecule is CN=C(NCc1cccc(CN2CCOC(C)C2)c1)NC1CC1. The highest BCUT2D eigenvalue weighted by atomic mass is 16.5. The highest BCUT2D eigenvalue weighted by Gasteiger charge is 2.22. The van der Waals surface area contributed by atoms with E-state index in [4.69, 9.17) is 4.74 Å². The number of rotatable bonds is 5. The number of hydrogen-bond donors (Lipinski definition) is 2. The summed E-state index contributed by atoms with van der Waals surface area (Å²) in [5.41, 5.74) is 2.66. The third kappa shape index (κ3) is 5.22. The van der Waals surface area contributed by atoms with Crippen molar-refractivity contribution in [3.8, 4) is 0 Å². The van der Waals surface area contributed by atoms with Crippen LogP contribution in [0.1, 0.15) is 30.9 Å². The van der Waals surface area contributed by atoms with E-state index in [1.807, 2.05) is 7.05 Å². The van der Waals surface area contributed by atoms with E-state index in [-0.39, 0.29) is 0 Å². The topological polar surface area (TPSA) is 48.9 Å². The summed E-state index contributed by atoms with van der Waals surface area (Å²) in [5.74, 6) is 0.903. The van der Waals surface area contributed by atoms with Crippen molar-refractivity contribution in [3.63, 3.8) is 0 Å². The lowest BCUT2D eigenvalue weighted by Crippen LogP contribution is -2.40. The molecule has 5 nitrogen and oxygen atoms in total. The molecule has 0 radical (unpaired) electrons. The molecule has 1 aromatic carbocycles. The van der Waals surface area contributed by atoms with E-state index in [9.17, 15) is 0 Å². The summed E-state index contributed by atoms with van der Waals surface area (Å²) in [5, 5.41) is 6.81. The Balaban J connectivity index is 1.52. The van der Waals surface area contributed by atoms with Crippen LogP contribution in [0.4, 0.5) is 0 Å². The molecule has 2 aliphatic rings. The second kappa shape index (κ2) is 7.79. The highest BCUT2D eigenvalue weighted by molar-refractivity contribution is 5.80. The third-order valence-corrected chi connectivity index (χ3v) is 4.32. The number of ether oxygens (including phenoxy) is 1. The number of nitrogens with zero attached hydrogens (tertiary/aromatic N) is 2. The molecule has 2 fully saturated rings. The summed E-state index contributed by atoms with van der Waals surface area (Å²) in [6.07, 6.45) is 2.85. The Labute approximate surface area is 139 Å². The monoisotopic (exact) mass is 316 g/mol. The molecule has 1 saturated heterocycles. The van der Waals surface area contributed by atoms with Crippen LogP contribution in [-0.4, -0.2) is 49.7 Å². The first-order valence-electron chi connectivity index (χ1n) is 8.62. The molecule has 1 aromatic rings. The Morgan fingerprint density at radius 1 is 1.35 bits per heavy atom. The molecular weight excluding hydrogens is 288 g/mol. The molecule has 0 spiro atoms. The quantitative estimate of drug-likeness (QED) is 0.642. The molecule has 1 saturated carbocycles. The van der Waals surface area contributed by atoms with Crippen molar-refractivity contribution in [2.45, 2.75) is 45.0 Å². The normalized spacial score (nSPS) is 22.9. The van der Waals surface area contributed by atoms with Crippen molar-refractivity contribution < 1.29 is 4.74 Å². The summed E-state index contributed by atoms with van der Waals surface area (Å²) >= 11 is 0. The lowest BCUT2D eigenvalue weighted by atomic mass is 10.1. The number of benzene rings is 1. The first-order valence-corrected chi connectivity index (χ1v) is 8.62. The average molecular weight is 316 g/mol. The fourth-order valence-electron chi connectivity index (χ4n) is 2.93. The molecule has 1 unspecified atom stereocenters. The van der Waals surface area contributed by atoms with E-state index in [0.717, 1.165) is 38.7 Å². The molecule has 0 bridgehead atoms. The largest absolute Gasteiger partial charge is 0.376 e. The Bertz CT molecular complexity index is 542. The highest BCUT2D eigenvalue weighted by Crippen LogP contribution is 2.18. The molecule has 1 heterocycles. The van der Waals surface area contributed by atoms with E-state index in [2.05, 4.69) is 51.7 Å². The van der Waals surface area contributed by atoms with E-state index in [1.165, 1.54) is 24.0 Å². The molecule has 0 aromatic heterocycles. The summed E-state index contributed by atoms with van der Waals surface area (Å²) in [7, 11) is 1.83. The lowest BCUT2D eigenvalue weighted by Gasteiger charge is -2.31. The first kappa shape index (κ1) is 16.3. The van der Waals surface area contributed by atoms with Crippen LogP contribution in [0.3, 0.4) is 0 Å². The zero-order chi connectivity index (χ0) is 16.1. The minimum absolute atomic E-state index is 0.338. The Kier molecular flexibility index (Phi) is 5.51. The van der Waals surface area contributed by atoms with Crippen molar-refractivity contribution in [1.29, 1.82) is 0 Å². The van der Waals surface area contributed by atoms with Crippen molar-refractivity contribution in [1.82, 2.24) is 15.5 Å². The van der Waals surface area contributed by atoms with Gasteiger partial charge in [-0.05, 0) is 30.9 Å². The van der Waals surface area contributed by atoms with Gasteiger partial charge in [0.15, 0.2) is 5.96 Å². The van der Waals surface area contributed by atoms with Crippen LogP contribution in [0.5, 0.6) is 0 Å². The zero-order valence-electron chi connectivity index (χ0n) is 14.2. The van der Waals surface area contributed by atoms with Crippen LogP contribution in [0.2, 0.25) is 0 Å². The summed E-state index contributed by atoms with van der Waals surface area (Å²) in [4.78, 5) is 6.75. The van der Waals surface area contributed by atoms with Crippen LogP contribution in [-0.2, 0) is 17.8 Å². The van der Waals surface area contributed by atoms with Crippen LogP contribution in [0.15, 0.2) is 29.3 Å². The van der Waals surface area contributed by atoms with Gasteiger partial charge in [0.1, 0.15) is 0 Å². The molecule has 3 rings (SSSR count). The van der Waals surface area contributed by atoms with Crippen molar-refractivity contribution >= 4 is 5.96 Å². The molecule has 0 amide bonds. The van der Waals surface area contributed by atoms with Crippen LogP contribution >= 0.6 is 0 Å². The summed E-state index contributed by atoms with van der Waals surface area (Å²) in [6, 6.07) is 9.44. The zero-order valence-corrected chi connectivity index (χ0v) is 14.2. The first-order chi connectivity index (χ1) is 11.2. The number of aliphatic imine (C=N–C) groups is 1. The van der Waals surface area contributed by atoms with E-state index in [1.54, 1.807) is 0 Å². The van der Waals surface area contributed by atoms with Crippen LogP contribution < -0.4 is 10.6 Å². The Hall–Kier alpha value is -1.59. The van der Waals surface area contributed by atoms with Crippen LogP contribution in [0, 0.1) is 0 Å². The molecule has 126 valence electrons. The van der Waals surface area contributed by atoms with Crippen molar-refractivity contribution in [2.24, 2.45) is 4.99 Å². The maximum atomic E-state index is 5.61. The van der Waals surface area contributed by atoms with Crippen molar-refractivity contribution in [2.75, 3.05) is 26.7 Å². The van der Waals surface area contributed by atoms with Gasteiger partial charge in [-0.15, -0.1) is 0 Å². The van der Waals surface area contributed by atoms with Gasteiger partial charge in [-0.25, -0.2) is 0 Å². The average Bonchev–Trinajstić information content (AvgIpc) is 3.36. The molecule has 1 aliphatic carbocycles. The van der Waals surface area contributed by atoms with Gasteiger partial charge in [-0.3, -0.25) is 9.89 Å².